The molecule has 0 fully saturated rings. The summed E-state index contributed by atoms with van der Waals surface area (Å²) in [7, 11) is -3.88. The minimum absolute atomic E-state index is 0.204. The number of carbonyl (C=O) groups is 1. The topological polar surface area (TPSA) is 132 Å². The minimum Gasteiger partial charge on any atom is -0.477 e. The average molecular weight is 476 g/mol. The van der Waals surface area contributed by atoms with Crippen molar-refractivity contribution < 1.29 is 27.3 Å². The van der Waals surface area contributed by atoms with Crippen LogP contribution < -0.4 is 10.1 Å². The van der Waals surface area contributed by atoms with Gasteiger partial charge in [0.2, 0.25) is 10.0 Å². The largest absolute Gasteiger partial charge is 0.477 e. The number of amides is 1. The lowest BCUT2D eigenvalue weighted by atomic mass is 10.2. The highest BCUT2D eigenvalue weighted by Gasteiger charge is 2.26. The van der Waals surface area contributed by atoms with E-state index in [4.69, 9.17) is 9.15 Å². The number of furan rings is 1. The van der Waals surface area contributed by atoms with Gasteiger partial charge < -0.3 is 14.5 Å². The van der Waals surface area contributed by atoms with Crippen LogP contribution in [0.4, 0.5) is 5.69 Å². The highest BCUT2D eigenvalue weighted by atomic mass is 32.2. The fourth-order valence-electron chi connectivity index (χ4n) is 3.35. The summed E-state index contributed by atoms with van der Waals surface area (Å²) < 4.78 is 37.6. The van der Waals surface area contributed by atoms with Crippen molar-refractivity contribution in [1.82, 2.24) is 9.62 Å². The van der Waals surface area contributed by atoms with Gasteiger partial charge in [-0.15, -0.1) is 0 Å². The number of nitrogens with zero attached hydrogens (tertiary/aromatic N) is 2. The summed E-state index contributed by atoms with van der Waals surface area (Å²) in [4.78, 5) is 22.9. The monoisotopic (exact) mass is 475 g/mol. The lowest BCUT2D eigenvalue weighted by Crippen LogP contribution is -2.31. The van der Waals surface area contributed by atoms with Crippen LogP contribution >= 0.6 is 0 Å². The second-order valence-electron chi connectivity index (χ2n) is 7.24. The van der Waals surface area contributed by atoms with Gasteiger partial charge in [-0.25, -0.2) is 8.42 Å². The molecule has 3 aromatic rings. The molecule has 0 aliphatic rings. The number of rotatable bonds is 10. The van der Waals surface area contributed by atoms with E-state index in [0.717, 1.165) is 11.5 Å². The first-order chi connectivity index (χ1) is 15.7. The third-order valence-electron chi connectivity index (χ3n) is 5.08. The van der Waals surface area contributed by atoms with Gasteiger partial charge in [-0.1, -0.05) is 32.0 Å². The predicted octanol–water partition coefficient (Wildman–Crippen LogP) is 3.63. The first kappa shape index (κ1) is 24.2. The molecule has 176 valence electrons. The summed E-state index contributed by atoms with van der Waals surface area (Å²) in [6, 6.07) is 12.2. The summed E-state index contributed by atoms with van der Waals surface area (Å²) in [5.41, 5.74) is 0.154. The normalized spacial score (nSPS) is 12.6. The van der Waals surface area contributed by atoms with E-state index in [2.05, 4.69) is 5.32 Å². The van der Waals surface area contributed by atoms with Crippen molar-refractivity contribution in [3.05, 3.63) is 64.4 Å². The quantitative estimate of drug-likeness (QED) is 0.350. The molecule has 0 saturated carbocycles. The Kier molecular flexibility index (Phi) is 7.34. The van der Waals surface area contributed by atoms with Gasteiger partial charge in [0.25, 0.3) is 5.91 Å². The molecule has 10 nitrogen and oxygen atoms in total. The molecular formula is C22H25N3O7S. The smallest absolute Gasteiger partial charge is 0.312 e. The maximum atomic E-state index is 12.7. The molecule has 1 aromatic heterocycles. The molecule has 1 heterocycles. The fraction of sp³-hybridized carbons (Fsp3) is 0.318. The molecule has 1 N–H and O–H groups in total. The number of ether oxygens (including phenoxy) is 1. The van der Waals surface area contributed by atoms with E-state index in [1.54, 1.807) is 20.8 Å². The molecule has 0 radical (unpaired) electrons. The molecule has 2 aromatic carbocycles. The first-order valence-corrected chi connectivity index (χ1v) is 11.8. The molecule has 33 heavy (non-hydrogen) atoms. The van der Waals surface area contributed by atoms with Crippen LogP contribution in [-0.2, 0) is 14.8 Å². The maximum Gasteiger partial charge on any atom is 0.312 e. The Morgan fingerprint density at radius 3 is 2.52 bits per heavy atom. The average Bonchev–Trinajstić information content (AvgIpc) is 3.22. The number of para-hydroxylation sites is 1. The van der Waals surface area contributed by atoms with E-state index in [-0.39, 0.29) is 23.7 Å². The molecule has 0 unspecified atom stereocenters. The molecule has 0 aliphatic carbocycles. The van der Waals surface area contributed by atoms with Crippen molar-refractivity contribution >= 4 is 32.6 Å². The van der Waals surface area contributed by atoms with Crippen LogP contribution in [0.5, 0.6) is 5.75 Å². The SMILES string of the molecule is CCN(CC)S(=O)(=O)c1ccc(OCC(=O)N[C@@H](C)c2cc3ccccc3o2)c([N+](=O)[O-])c1. The maximum absolute atomic E-state index is 12.7. The molecule has 3 rings (SSSR count). The highest BCUT2D eigenvalue weighted by molar-refractivity contribution is 7.89. The molecule has 0 spiro atoms. The van der Waals surface area contributed by atoms with Crippen molar-refractivity contribution in [2.45, 2.75) is 31.7 Å². The summed E-state index contributed by atoms with van der Waals surface area (Å²) in [6.07, 6.45) is 0. The Balaban J connectivity index is 1.71. The predicted molar refractivity (Wildman–Crippen MR) is 121 cm³/mol. The van der Waals surface area contributed by atoms with E-state index in [1.165, 1.54) is 16.4 Å². The zero-order chi connectivity index (χ0) is 24.2. The number of benzene rings is 2. The van der Waals surface area contributed by atoms with Crippen molar-refractivity contribution in [1.29, 1.82) is 0 Å². The van der Waals surface area contributed by atoms with E-state index in [1.807, 2.05) is 30.3 Å². The Labute approximate surface area is 191 Å². The van der Waals surface area contributed by atoms with Gasteiger partial charge in [0, 0.05) is 24.5 Å². The zero-order valence-corrected chi connectivity index (χ0v) is 19.3. The van der Waals surface area contributed by atoms with Crippen LogP contribution in [0.15, 0.2) is 57.8 Å². The Morgan fingerprint density at radius 2 is 1.88 bits per heavy atom. The molecule has 0 aliphatic heterocycles. The van der Waals surface area contributed by atoms with Gasteiger partial charge in [0.05, 0.1) is 15.9 Å². The molecule has 1 atom stereocenters. The third-order valence-corrected chi connectivity index (χ3v) is 7.12. The number of fused-ring (bicyclic) bond motifs is 1. The third kappa shape index (κ3) is 5.32. The number of hydrogen-bond donors (Lipinski definition) is 1. The second-order valence-corrected chi connectivity index (χ2v) is 9.18. The van der Waals surface area contributed by atoms with E-state index >= 15 is 0 Å². The fourth-order valence-corrected chi connectivity index (χ4v) is 4.83. The second kappa shape index (κ2) is 10.0. The molecule has 0 saturated heterocycles. The number of nitro benzene ring substituents is 1. The molecule has 1 amide bonds. The van der Waals surface area contributed by atoms with Gasteiger partial charge in [0.15, 0.2) is 12.4 Å². The molecular weight excluding hydrogens is 450 g/mol. The van der Waals surface area contributed by atoms with E-state index < -0.39 is 39.2 Å². The Bertz CT molecular complexity index is 1230. The number of nitrogens with one attached hydrogen (secondary N) is 1. The van der Waals surface area contributed by atoms with Crippen LogP contribution in [0.2, 0.25) is 0 Å². The number of nitro groups is 1. The number of hydrogen-bond acceptors (Lipinski definition) is 7. The summed E-state index contributed by atoms with van der Waals surface area (Å²) in [5, 5.41) is 15.1. The van der Waals surface area contributed by atoms with Gasteiger partial charge in [-0.05, 0) is 31.2 Å². The highest BCUT2D eigenvalue weighted by Crippen LogP contribution is 2.31. The lowest BCUT2D eigenvalue weighted by molar-refractivity contribution is -0.386. The van der Waals surface area contributed by atoms with Crippen molar-refractivity contribution in [3.63, 3.8) is 0 Å². The Hall–Kier alpha value is -3.44. The van der Waals surface area contributed by atoms with Crippen LogP contribution in [0.25, 0.3) is 11.0 Å². The summed E-state index contributed by atoms with van der Waals surface area (Å²) >= 11 is 0. The van der Waals surface area contributed by atoms with E-state index in [0.29, 0.717) is 11.3 Å². The first-order valence-electron chi connectivity index (χ1n) is 10.4. The van der Waals surface area contributed by atoms with Crippen LogP contribution in [-0.4, -0.2) is 43.2 Å². The van der Waals surface area contributed by atoms with Gasteiger partial charge in [-0.3, -0.25) is 14.9 Å². The van der Waals surface area contributed by atoms with Crippen molar-refractivity contribution in [3.8, 4) is 5.75 Å². The molecule has 11 heteroatoms. The number of carbonyl (C=O) groups excluding carboxylic acids is 1. The summed E-state index contributed by atoms with van der Waals surface area (Å²) in [5.74, 6) is -0.163. The van der Waals surface area contributed by atoms with Crippen LogP contribution in [0.3, 0.4) is 0 Å². The van der Waals surface area contributed by atoms with Crippen LogP contribution in [0.1, 0.15) is 32.6 Å². The Morgan fingerprint density at radius 1 is 1.18 bits per heavy atom. The minimum atomic E-state index is -3.88. The van der Waals surface area contributed by atoms with Crippen LogP contribution in [0, 0.1) is 10.1 Å². The van der Waals surface area contributed by atoms with Gasteiger partial charge >= 0.3 is 5.69 Å². The zero-order valence-electron chi connectivity index (χ0n) is 18.5. The number of sulfonamides is 1. The summed E-state index contributed by atoms with van der Waals surface area (Å²) in [6.45, 7) is 5.07. The van der Waals surface area contributed by atoms with Crippen molar-refractivity contribution in [2.24, 2.45) is 0 Å². The van der Waals surface area contributed by atoms with Crippen molar-refractivity contribution in [2.75, 3.05) is 19.7 Å². The lowest BCUT2D eigenvalue weighted by Gasteiger charge is -2.18. The van der Waals surface area contributed by atoms with E-state index in [9.17, 15) is 23.3 Å². The molecule has 0 bridgehead atoms. The standard InChI is InChI=1S/C22H25N3O7S/c1-4-24(5-2)33(29,30)17-10-11-20(18(13-17)25(27)28)31-14-22(26)23-15(3)21-12-16-8-6-7-9-19(16)32-21/h6-13,15H,4-5,14H2,1-3H3,(H,23,26)/t15-/m0/s1. The van der Waals surface area contributed by atoms with Gasteiger partial charge in [0.1, 0.15) is 11.3 Å². The van der Waals surface area contributed by atoms with Gasteiger partial charge in [-0.2, -0.15) is 4.31 Å².